The third-order valence-corrected chi connectivity index (χ3v) is 3.67. The molecular weight excluding hydrogens is 369 g/mol. The molecule has 0 fully saturated rings. The van der Waals surface area contributed by atoms with Crippen molar-refractivity contribution in [3.05, 3.63) is 34.0 Å². The number of alkyl halides is 7. The number of allylic oxidation sites excluding steroid dienone is 1. The van der Waals surface area contributed by atoms with Gasteiger partial charge >= 0.3 is 24.0 Å². The summed E-state index contributed by atoms with van der Waals surface area (Å²) in [6, 6.07) is 2.49. The summed E-state index contributed by atoms with van der Waals surface area (Å²) in [7, 11) is 0.723. The van der Waals surface area contributed by atoms with Crippen LogP contribution in [0.2, 0.25) is 0 Å². The molecule has 0 atom stereocenters. The monoisotopic (exact) mass is 378 g/mol. The number of thiophene rings is 1. The lowest BCUT2D eigenvalue weighted by atomic mass is 9.97. The number of halogens is 7. The van der Waals surface area contributed by atoms with Crippen molar-refractivity contribution in [2.24, 2.45) is 0 Å². The number of esters is 1. The molecule has 11 heteroatoms. The lowest BCUT2D eigenvalue weighted by Crippen LogP contribution is -2.53. The Bertz CT molecular complexity index is 632. The van der Waals surface area contributed by atoms with Gasteiger partial charge in [-0.2, -0.15) is 30.7 Å². The van der Waals surface area contributed by atoms with Crippen LogP contribution >= 0.6 is 11.3 Å². The highest BCUT2D eigenvalue weighted by atomic mass is 32.1. The summed E-state index contributed by atoms with van der Waals surface area (Å²) in [5.74, 6) is -15.0. The molecule has 0 amide bonds. The van der Waals surface area contributed by atoms with E-state index in [0.29, 0.717) is 0 Å². The van der Waals surface area contributed by atoms with E-state index in [-0.39, 0.29) is 11.0 Å². The van der Waals surface area contributed by atoms with E-state index < -0.39 is 41.8 Å². The Morgan fingerprint density at radius 2 is 1.75 bits per heavy atom. The lowest BCUT2D eigenvalue weighted by Gasteiger charge is -2.29. The van der Waals surface area contributed by atoms with Crippen LogP contribution < -0.4 is 0 Å². The lowest BCUT2D eigenvalue weighted by molar-refractivity contribution is -0.344. The van der Waals surface area contributed by atoms with Crippen LogP contribution in [0, 0.1) is 0 Å². The molecule has 0 aliphatic carbocycles. The SMILES string of the molecule is COC(=O)C/C(=C/C(=O)c1cccs1)C(F)(F)C(F)(F)C(F)(F)F. The number of hydrogen-bond acceptors (Lipinski definition) is 4. The summed E-state index contributed by atoms with van der Waals surface area (Å²) in [6.07, 6.45) is -8.29. The Labute approximate surface area is 134 Å². The van der Waals surface area contributed by atoms with E-state index in [2.05, 4.69) is 4.74 Å². The Kier molecular flexibility index (Phi) is 5.80. The predicted octanol–water partition coefficient (Wildman–Crippen LogP) is 4.25. The zero-order valence-electron chi connectivity index (χ0n) is 11.8. The molecular formula is C13H9F7O3S. The Hall–Kier alpha value is -1.91. The smallest absolute Gasteiger partial charge is 0.460 e. The van der Waals surface area contributed by atoms with Crippen LogP contribution in [0.15, 0.2) is 29.2 Å². The first-order valence-corrected chi connectivity index (χ1v) is 6.90. The summed E-state index contributed by atoms with van der Waals surface area (Å²) in [5, 5.41) is 1.36. The maximum atomic E-state index is 13.8. The maximum Gasteiger partial charge on any atom is 0.460 e. The molecule has 24 heavy (non-hydrogen) atoms. The van der Waals surface area contributed by atoms with Gasteiger partial charge in [0.1, 0.15) is 0 Å². The summed E-state index contributed by atoms with van der Waals surface area (Å²) in [5.41, 5.74) is -1.99. The molecule has 3 nitrogen and oxygen atoms in total. The Balaban J connectivity index is 3.37. The van der Waals surface area contributed by atoms with Crippen LogP contribution in [0.5, 0.6) is 0 Å². The number of carbonyl (C=O) groups is 2. The third-order valence-electron chi connectivity index (χ3n) is 2.79. The van der Waals surface area contributed by atoms with Crippen LogP contribution in [-0.4, -0.2) is 36.9 Å². The van der Waals surface area contributed by atoms with Crippen molar-refractivity contribution in [1.82, 2.24) is 0 Å². The molecule has 0 unspecified atom stereocenters. The highest BCUT2D eigenvalue weighted by Crippen LogP contribution is 2.50. The minimum atomic E-state index is -6.59. The zero-order valence-corrected chi connectivity index (χ0v) is 12.6. The fourth-order valence-electron chi connectivity index (χ4n) is 1.51. The Morgan fingerprint density at radius 3 is 2.17 bits per heavy atom. The standard InChI is InChI=1S/C13H9F7O3S/c1-23-10(22)6-7(5-8(21)9-3-2-4-24-9)11(14,15)12(16,17)13(18,19)20/h2-5H,6H2,1H3/b7-5-. The maximum absolute atomic E-state index is 13.8. The van der Waals surface area contributed by atoms with Gasteiger partial charge < -0.3 is 4.74 Å². The summed E-state index contributed by atoms with van der Waals surface area (Å²) < 4.78 is 94.6. The van der Waals surface area contributed by atoms with Crippen molar-refractivity contribution in [2.45, 2.75) is 24.4 Å². The van der Waals surface area contributed by atoms with Gasteiger partial charge in [0.05, 0.1) is 18.4 Å². The number of methoxy groups -OCH3 is 1. The van der Waals surface area contributed by atoms with E-state index in [1.807, 2.05) is 0 Å². The minimum absolute atomic E-state index is 0.0948. The third kappa shape index (κ3) is 3.94. The van der Waals surface area contributed by atoms with Crippen molar-refractivity contribution in [3.63, 3.8) is 0 Å². The van der Waals surface area contributed by atoms with Crippen molar-refractivity contribution in [3.8, 4) is 0 Å². The normalized spacial score (nSPS) is 13.8. The second-order valence-electron chi connectivity index (χ2n) is 4.41. The molecule has 0 aliphatic rings. The Morgan fingerprint density at radius 1 is 1.17 bits per heavy atom. The number of ketones is 1. The van der Waals surface area contributed by atoms with Crippen molar-refractivity contribution in [1.29, 1.82) is 0 Å². The molecule has 0 N–H and O–H groups in total. The molecule has 134 valence electrons. The molecule has 0 spiro atoms. The first-order valence-electron chi connectivity index (χ1n) is 6.02. The first-order chi connectivity index (χ1) is 10.8. The molecule has 0 saturated heterocycles. The van der Waals surface area contributed by atoms with Crippen LogP contribution in [-0.2, 0) is 9.53 Å². The highest BCUT2D eigenvalue weighted by Gasteiger charge is 2.74. The fraction of sp³-hybridized carbons (Fsp3) is 0.385. The molecule has 1 aromatic heterocycles. The molecule has 1 aromatic rings. The van der Waals surface area contributed by atoms with Crippen molar-refractivity contribution >= 4 is 23.1 Å². The number of rotatable bonds is 6. The highest BCUT2D eigenvalue weighted by molar-refractivity contribution is 7.12. The van der Waals surface area contributed by atoms with Gasteiger partial charge in [-0.05, 0) is 17.5 Å². The topological polar surface area (TPSA) is 43.4 Å². The summed E-state index contributed by atoms with van der Waals surface area (Å²) in [4.78, 5) is 22.6. The van der Waals surface area contributed by atoms with E-state index >= 15 is 0 Å². The van der Waals surface area contributed by atoms with Crippen LogP contribution in [0.1, 0.15) is 16.1 Å². The number of ether oxygens (including phenoxy) is 1. The predicted molar refractivity (Wildman–Crippen MR) is 69.3 cm³/mol. The molecule has 0 bridgehead atoms. The van der Waals surface area contributed by atoms with E-state index in [1.165, 1.54) is 11.4 Å². The second kappa shape index (κ2) is 6.91. The average molecular weight is 378 g/mol. The number of hydrogen-bond donors (Lipinski definition) is 0. The zero-order chi connectivity index (χ0) is 18.8. The minimum Gasteiger partial charge on any atom is -0.469 e. The van der Waals surface area contributed by atoms with Crippen molar-refractivity contribution < 1.29 is 45.1 Å². The van der Waals surface area contributed by atoms with Gasteiger partial charge in [-0.1, -0.05) is 6.07 Å². The molecule has 0 radical (unpaired) electrons. The van der Waals surface area contributed by atoms with E-state index in [1.54, 1.807) is 0 Å². The fourth-order valence-corrected chi connectivity index (χ4v) is 2.14. The van der Waals surface area contributed by atoms with Gasteiger partial charge in [0.2, 0.25) is 0 Å². The van der Waals surface area contributed by atoms with E-state index in [9.17, 15) is 40.3 Å². The molecule has 1 heterocycles. The van der Waals surface area contributed by atoms with Gasteiger partial charge in [0.25, 0.3) is 0 Å². The van der Waals surface area contributed by atoms with Crippen LogP contribution in [0.25, 0.3) is 0 Å². The largest absolute Gasteiger partial charge is 0.469 e. The molecule has 0 aliphatic heterocycles. The molecule has 1 rings (SSSR count). The van der Waals surface area contributed by atoms with Crippen LogP contribution in [0.4, 0.5) is 30.7 Å². The number of carbonyl (C=O) groups excluding carboxylic acids is 2. The van der Waals surface area contributed by atoms with Crippen molar-refractivity contribution in [2.75, 3.05) is 7.11 Å². The van der Waals surface area contributed by atoms with E-state index in [4.69, 9.17) is 0 Å². The molecule has 0 saturated carbocycles. The van der Waals surface area contributed by atoms with Gasteiger partial charge in [0.15, 0.2) is 5.78 Å². The average Bonchev–Trinajstić information content (AvgIpc) is 2.99. The van der Waals surface area contributed by atoms with Gasteiger partial charge in [0, 0.05) is 5.57 Å². The van der Waals surface area contributed by atoms with Gasteiger partial charge in [-0.15, -0.1) is 11.3 Å². The second-order valence-corrected chi connectivity index (χ2v) is 5.36. The first kappa shape index (κ1) is 20.1. The van der Waals surface area contributed by atoms with Crippen LogP contribution in [0.3, 0.4) is 0 Å². The summed E-state index contributed by atoms with van der Waals surface area (Å²) in [6.45, 7) is 0. The quantitative estimate of drug-likeness (QED) is 0.322. The van der Waals surface area contributed by atoms with Gasteiger partial charge in [-0.3, -0.25) is 9.59 Å². The van der Waals surface area contributed by atoms with Gasteiger partial charge in [-0.25, -0.2) is 0 Å². The van der Waals surface area contributed by atoms with E-state index in [0.717, 1.165) is 24.5 Å². The molecule has 0 aromatic carbocycles. The summed E-state index contributed by atoms with van der Waals surface area (Å²) >= 11 is 0.756.